The van der Waals surface area contributed by atoms with E-state index in [4.69, 9.17) is 4.42 Å². The van der Waals surface area contributed by atoms with Crippen molar-refractivity contribution < 1.29 is 14.0 Å². The molecule has 0 unspecified atom stereocenters. The van der Waals surface area contributed by atoms with Crippen LogP contribution in [0.2, 0.25) is 0 Å². The second-order valence-corrected chi connectivity index (χ2v) is 2.24. The summed E-state index contributed by atoms with van der Waals surface area (Å²) in [5, 5.41) is 3.54. The molecule has 0 saturated heterocycles. The second kappa shape index (κ2) is 3.71. The minimum Gasteiger partial charge on any atom is -0.463 e. The Kier molecular flexibility index (Phi) is 2.63. The molecule has 0 atom stereocenters. The zero-order valence-corrected chi connectivity index (χ0v) is 6.90. The van der Waals surface area contributed by atoms with Crippen molar-refractivity contribution >= 4 is 11.7 Å². The van der Waals surface area contributed by atoms with Crippen LogP contribution in [0.3, 0.4) is 0 Å². The van der Waals surface area contributed by atoms with Crippen molar-refractivity contribution in [2.75, 3.05) is 0 Å². The van der Waals surface area contributed by atoms with Gasteiger partial charge >= 0.3 is 5.97 Å². The van der Waals surface area contributed by atoms with Crippen LogP contribution in [0.5, 0.6) is 0 Å². The van der Waals surface area contributed by atoms with Crippen LogP contribution in [0.4, 0.5) is 0 Å². The molecule has 1 aromatic heterocycles. The van der Waals surface area contributed by atoms with Crippen LogP contribution in [-0.4, -0.2) is 11.7 Å². The molecule has 1 aromatic rings. The molecule has 0 aliphatic heterocycles. The fourth-order valence-corrected chi connectivity index (χ4v) is 0.662. The summed E-state index contributed by atoms with van der Waals surface area (Å²) in [5.41, 5.74) is 0.537. The Hall–Kier alpha value is -1.58. The van der Waals surface area contributed by atoms with Gasteiger partial charge in [0.15, 0.2) is 5.76 Å². The van der Waals surface area contributed by atoms with E-state index in [9.17, 15) is 4.79 Å². The summed E-state index contributed by atoms with van der Waals surface area (Å²) in [5.74, 6) is 0.150. The molecule has 1 rings (SSSR count). The average Bonchev–Trinajstić information content (AvgIpc) is 2.51. The number of nitrogens with zero attached hydrogens (tertiary/aromatic N) is 1. The summed E-state index contributed by atoms with van der Waals surface area (Å²) >= 11 is 0. The minimum absolute atomic E-state index is 0.444. The summed E-state index contributed by atoms with van der Waals surface area (Å²) in [4.78, 5) is 14.8. The van der Waals surface area contributed by atoms with Crippen LogP contribution >= 0.6 is 0 Å². The van der Waals surface area contributed by atoms with Crippen LogP contribution in [0.15, 0.2) is 28.0 Å². The molecule has 64 valence electrons. The number of carbonyl (C=O) groups is 1. The average molecular weight is 167 g/mol. The molecular formula is C8H9NO3. The lowest BCUT2D eigenvalue weighted by molar-refractivity contribution is -0.140. The van der Waals surface area contributed by atoms with E-state index < -0.39 is 5.97 Å². The zero-order chi connectivity index (χ0) is 8.97. The third kappa shape index (κ3) is 2.23. The summed E-state index contributed by atoms with van der Waals surface area (Å²) in [6, 6.07) is 3.48. The Morgan fingerprint density at radius 2 is 2.33 bits per heavy atom. The number of carbonyl (C=O) groups excluding carboxylic acids is 1. The van der Waals surface area contributed by atoms with E-state index in [1.54, 1.807) is 19.1 Å². The molecule has 0 aliphatic rings. The normalized spacial score (nSPS) is 11.3. The quantitative estimate of drug-likeness (QED) is 0.381. The third-order valence-corrected chi connectivity index (χ3v) is 1.19. The maximum absolute atomic E-state index is 10.4. The van der Waals surface area contributed by atoms with Crippen molar-refractivity contribution in [2.45, 2.75) is 13.8 Å². The molecule has 0 N–H and O–H groups in total. The van der Waals surface area contributed by atoms with E-state index in [0.717, 1.165) is 0 Å². The Balaban J connectivity index is 2.65. The van der Waals surface area contributed by atoms with Crippen LogP contribution in [0.1, 0.15) is 19.6 Å². The van der Waals surface area contributed by atoms with E-state index in [2.05, 4.69) is 9.99 Å². The first-order valence-corrected chi connectivity index (χ1v) is 3.46. The summed E-state index contributed by atoms with van der Waals surface area (Å²) in [7, 11) is 0. The largest absolute Gasteiger partial charge is 0.463 e. The molecule has 4 heteroatoms. The van der Waals surface area contributed by atoms with Gasteiger partial charge in [-0.15, -0.1) is 0 Å². The lowest BCUT2D eigenvalue weighted by Gasteiger charge is -1.93. The summed E-state index contributed by atoms with van der Waals surface area (Å²) in [6.07, 6.45) is 1.53. The molecular weight excluding hydrogens is 158 g/mol. The predicted molar refractivity (Wildman–Crippen MR) is 42.7 cm³/mol. The maximum Gasteiger partial charge on any atom is 0.331 e. The van der Waals surface area contributed by atoms with Gasteiger partial charge < -0.3 is 9.25 Å². The Morgan fingerprint density at radius 1 is 1.58 bits per heavy atom. The van der Waals surface area contributed by atoms with Gasteiger partial charge in [-0.3, -0.25) is 0 Å². The highest BCUT2D eigenvalue weighted by molar-refractivity contribution is 5.96. The highest BCUT2D eigenvalue weighted by Crippen LogP contribution is 2.01. The number of hydrogen-bond acceptors (Lipinski definition) is 4. The zero-order valence-electron chi connectivity index (χ0n) is 6.90. The summed E-state index contributed by atoms with van der Waals surface area (Å²) in [6.45, 7) is 2.99. The van der Waals surface area contributed by atoms with Gasteiger partial charge in [-0.25, -0.2) is 4.79 Å². The van der Waals surface area contributed by atoms with E-state index in [1.165, 1.54) is 13.2 Å². The smallest absolute Gasteiger partial charge is 0.331 e. The standard InChI is InChI=1S/C8H9NO3/c1-6(9-12-7(2)10)8-4-3-5-11-8/h3-5H,1-2H3/b9-6+. The number of oxime groups is 1. The van der Waals surface area contributed by atoms with Gasteiger partial charge in [0.2, 0.25) is 0 Å². The second-order valence-electron chi connectivity index (χ2n) is 2.24. The number of furan rings is 1. The highest BCUT2D eigenvalue weighted by atomic mass is 16.7. The van der Waals surface area contributed by atoms with Crippen LogP contribution in [-0.2, 0) is 9.63 Å². The lowest BCUT2D eigenvalue weighted by Crippen LogP contribution is -1.97. The molecule has 12 heavy (non-hydrogen) atoms. The van der Waals surface area contributed by atoms with Crippen molar-refractivity contribution in [2.24, 2.45) is 5.16 Å². The Morgan fingerprint density at radius 3 is 2.83 bits per heavy atom. The van der Waals surface area contributed by atoms with E-state index in [-0.39, 0.29) is 0 Å². The van der Waals surface area contributed by atoms with Crippen molar-refractivity contribution in [3.05, 3.63) is 24.2 Å². The molecule has 0 saturated carbocycles. The number of rotatable bonds is 2. The topological polar surface area (TPSA) is 51.8 Å². The fourth-order valence-electron chi connectivity index (χ4n) is 0.662. The lowest BCUT2D eigenvalue weighted by atomic mass is 10.3. The fraction of sp³-hybridized carbons (Fsp3) is 0.250. The first-order chi connectivity index (χ1) is 5.70. The van der Waals surface area contributed by atoms with Gasteiger partial charge in [-0.05, 0) is 19.1 Å². The summed E-state index contributed by atoms with van der Waals surface area (Å²) < 4.78 is 5.01. The van der Waals surface area contributed by atoms with Gasteiger partial charge in [0, 0.05) is 6.92 Å². The molecule has 0 fully saturated rings. The van der Waals surface area contributed by atoms with Crippen LogP contribution < -0.4 is 0 Å². The number of hydrogen-bond donors (Lipinski definition) is 0. The van der Waals surface area contributed by atoms with Crippen molar-refractivity contribution in [1.82, 2.24) is 0 Å². The Bertz CT molecular complexity index is 287. The van der Waals surface area contributed by atoms with Crippen molar-refractivity contribution in [1.29, 1.82) is 0 Å². The minimum atomic E-state index is -0.444. The monoisotopic (exact) mass is 167 g/mol. The van der Waals surface area contributed by atoms with Gasteiger partial charge in [-0.1, -0.05) is 5.16 Å². The molecule has 0 bridgehead atoms. The molecule has 0 aromatic carbocycles. The Labute approximate surface area is 69.8 Å². The highest BCUT2D eigenvalue weighted by Gasteiger charge is 2.00. The molecule has 1 heterocycles. The van der Waals surface area contributed by atoms with E-state index in [0.29, 0.717) is 11.5 Å². The van der Waals surface area contributed by atoms with E-state index in [1.807, 2.05) is 0 Å². The molecule has 0 spiro atoms. The molecule has 0 radical (unpaired) electrons. The van der Waals surface area contributed by atoms with Gasteiger partial charge in [0.05, 0.1) is 6.26 Å². The van der Waals surface area contributed by atoms with Crippen LogP contribution in [0, 0.1) is 0 Å². The molecule has 0 amide bonds. The first-order valence-electron chi connectivity index (χ1n) is 3.46. The van der Waals surface area contributed by atoms with Gasteiger partial charge in [-0.2, -0.15) is 0 Å². The van der Waals surface area contributed by atoms with Gasteiger partial charge in [0.1, 0.15) is 5.71 Å². The van der Waals surface area contributed by atoms with Gasteiger partial charge in [0.25, 0.3) is 0 Å². The maximum atomic E-state index is 10.4. The first kappa shape index (κ1) is 8.52. The predicted octanol–water partition coefficient (Wildman–Crippen LogP) is 1.57. The molecule has 0 aliphatic carbocycles. The van der Waals surface area contributed by atoms with E-state index >= 15 is 0 Å². The van der Waals surface area contributed by atoms with Crippen molar-refractivity contribution in [3.63, 3.8) is 0 Å². The SMILES string of the molecule is CC(=O)O/N=C(\C)c1ccco1. The third-order valence-electron chi connectivity index (χ3n) is 1.19. The molecule has 4 nitrogen and oxygen atoms in total. The van der Waals surface area contributed by atoms with Crippen LogP contribution in [0.25, 0.3) is 0 Å². The van der Waals surface area contributed by atoms with Crippen molar-refractivity contribution in [3.8, 4) is 0 Å².